The Morgan fingerprint density at radius 2 is 1.92 bits per heavy atom. The second-order valence-electron chi connectivity index (χ2n) is 6.92. The van der Waals surface area contributed by atoms with Crippen LogP contribution in [-0.4, -0.2) is 56.0 Å². The fraction of sp³-hybridized carbons (Fsp3) is 0.579. The van der Waals surface area contributed by atoms with Crippen LogP contribution in [0.3, 0.4) is 0 Å². The van der Waals surface area contributed by atoms with Crippen LogP contribution >= 0.6 is 0 Å². The van der Waals surface area contributed by atoms with Gasteiger partial charge in [0.1, 0.15) is 5.75 Å². The van der Waals surface area contributed by atoms with Crippen LogP contribution < -0.4 is 15.0 Å². The fourth-order valence-electron chi connectivity index (χ4n) is 3.49. The van der Waals surface area contributed by atoms with Gasteiger partial charge in [-0.05, 0) is 64.2 Å². The number of hydrogen-bond donors (Lipinski definition) is 1. The number of amides is 2. The molecule has 6 heteroatoms. The van der Waals surface area contributed by atoms with E-state index in [1.54, 1.807) is 4.90 Å². The first-order chi connectivity index (χ1) is 12.1. The summed E-state index contributed by atoms with van der Waals surface area (Å²) in [6.07, 6.45) is 2.24. The van der Waals surface area contributed by atoms with Gasteiger partial charge in [-0.2, -0.15) is 0 Å². The summed E-state index contributed by atoms with van der Waals surface area (Å²) in [5.74, 6) is 0.539. The zero-order chi connectivity index (χ0) is 17.8. The Hall–Kier alpha value is -2.08. The molecule has 0 bridgehead atoms. The number of rotatable bonds is 5. The minimum atomic E-state index is -0.265. The van der Waals surface area contributed by atoms with E-state index in [-0.39, 0.29) is 30.2 Å². The van der Waals surface area contributed by atoms with E-state index < -0.39 is 0 Å². The monoisotopic (exact) mass is 345 g/mol. The summed E-state index contributed by atoms with van der Waals surface area (Å²) in [6, 6.07) is 7.70. The summed E-state index contributed by atoms with van der Waals surface area (Å²) >= 11 is 0. The summed E-state index contributed by atoms with van der Waals surface area (Å²) in [6.45, 7) is 5.01. The average molecular weight is 345 g/mol. The molecule has 2 aliphatic rings. The number of hydrogen-bond acceptors (Lipinski definition) is 4. The molecule has 2 aliphatic heterocycles. The minimum Gasteiger partial charge on any atom is -0.494 e. The van der Waals surface area contributed by atoms with E-state index in [9.17, 15) is 9.59 Å². The first-order valence-electron chi connectivity index (χ1n) is 9.09. The topological polar surface area (TPSA) is 61.9 Å². The van der Waals surface area contributed by atoms with E-state index in [0.29, 0.717) is 13.2 Å². The predicted molar refractivity (Wildman–Crippen MR) is 96.7 cm³/mol. The lowest BCUT2D eigenvalue weighted by atomic mass is 10.0. The number of nitrogens with zero attached hydrogens (tertiary/aromatic N) is 2. The molecule has 136 valence electrons. The van der Waals surface area contributed by atoms with Crippen molar-refractivity contribution >= 4 is 17.5 Å². The van der Waals surface area contributed by atoms with Crippen molar-refractivity contribution in [2.45, 2.75) is 32.2 Å². The van der Waals surface area contributed by atoms with Gasteiger partial charge in [0.05, 0.1) is 12.5 Å². The molecular weight excluding hydrogens is 318 g/mol. The highest BCUT2D eigenvalue weighted by Gasteiger charge is 2.36. The van der Waals surface area contributed by atoms with E-state index >= 15 is 0 Å². The van der Waals surface area contributed by atoms with Crippen LogP contribution in [-0.2, 0) is 9.59 Å². The molecule has 2 saturated heterocycles. The van der Waals surface area contributed by atoms with Gasteiger partial charge in [0.2, 0.25) is 11.8 Å². The first kappa shape index (κ1) is 17.7. The lowest BCUT2D eigenvalue weighted by Crippen LogP contribution is -2.45. The van der Waals surface area contributed by atoms with Gasteiger partial charge in [0.25, 0.3) is 0 Å². The molecule has 2 heterocycles. The number of carbonyl (C=O) groups excluding carboxylic acids is 2. The third kappa shape index (κ3) is 4.31. The van der Waals surface area contributed by atoms with Crippen molar-refractivity contribution in [1.82, 2.24) is 10.2 Å². The van der Waals surface area contributed by atoms with Crippen LogP contribution in [0, 0.1) is 5.92 Å². The molecule has 0 aromatic heterocycles. The van der Waals surface area contributed by atoms with Gasteiger partial charge in [-0.1, -0.05) is 0 Å². The van der Waals surface area contributed by atoms with Crippen molar-refractivity contribution in [1.29, 1.82) is 0 Å². The number of anilines is 1. The SMILES string of the molecule is CCOc1ccc(N2C[C@@H](C(=O)NC3CCN(C)CC3)CC2=O)cc1. The Kier molecular flexibility index (Phi) is 5.58. The standard InChI is InChI=1S/C19H27N3O3/c1-3-25-17-6-4-16(5-7-17)22-13-14(12-18(22)23)19(24)20-15-8-10-21(2)11-9-15/h4-7,14-15H,3,8-13H2,1-2H3,(H,20,24)/t14-/m0/s1. The normalized spacial score (nSPS) is 22.2. The molecule has 0 spiro atoms. The first-order valence-corrected chi connectivity index (χ1v) is 9.09. The van der Waals surface area contributed by atoms with E-state index in [0.717, 1.165) is 37.4 Å². The van der Waals surface area contributed by atoms with Crippen molar-refractivity contribution in [2.75, 3.05) is 38.2 Å². The van der Waals surface area contributed by atoms with Gasteiger partial charge in [-0.15, -0.1) is 0 Å². The van der Waals surface area contributed by atoms with Crippen molar-refractivity contribution in [2.24, 2.45) is 5.92 Å². The lowest BCUT2D eigenvalue weighted by molar-refractivity contribution is -0.127. The average Bonchev–Trinajstić information content (AvgIpc) is 3.00. The van der Waals surface area contributed by atoms with Crippen LogP contribution in [0.2, 0.25) is 0 Å². The fourth-order valence-corrected chi connectivity index (χ4v) is 3.49. The van der Waals surface area contributed by atoms with Gasteiger partial charge in [-0.3, -0.25) is 9.59 Å². The summed E-state index contributed by atoms with van der Waals surface area (Å²) < 4.78 is 5.43. The number of carbonyl (C=O) groups is 2. The number of ether oxygens (including phenoxy) is 1. The molecule has 3 rings (SSSR count). The van der Waals surface area contributed by atoms with Gasteiger partial charge in [-0.25, -0.2) is 0 Å². The molecule has 25 heavy (non-hydrogen) atoms. The molecule has 1 atom stereocenters. The maximum Gasteiger partial charge on any atom is 0.227 e. The Bertz CT molecular complexity index is 609. The van der Waals surface area contributed by atoms with Crippen molar-refractivity contribution in [3.63, 3.8) is 0 Å². The lowest BCUT2D eigenvalue weighted by Gasteiger charge is -2.30. The summed E-state index contributed by atoms with van der Waals surface area (Å²) in [5.41, 5.74) is 0.822. The minimum absolute atomic E-state index is 0.00712. The molecule has 0 aliphatic carbocycles. The van der Waals surface area contributed by atoms with Crippen molar-refractivity contribution < 1.29 is 14.3 Å². The second kappa shape index (κ2) is 7.87. The molecule has 6 nitrogen and oxygen atoms in total. The predicted octanol–water partition coefficient (Wildman–Crippen LogP) is 1.65. The maximum atomic E-state index is 12.5. The van der Waals surface area contributed by atoms with Crippen LogP contribution in [0.4, 0.5) is 5.69 Å². The van der Waals surface area contributed by atoms with Crippen molar-refractivity contribution in [3.05, 3.63) is 24.3 Å². The molecule has 1 aromatic carbocycles. The van der Waals surface area contributed by atoms with E-state index in [2.05, 4.69) is 17.3 Å². The highest BCUT2D eigenvalue weighted by atomic mass is 16.5. The highest BCUT2D eigenvalue weighted by Crippen LogP contribution is 2.27. The molecule has 0 saturated carbocycles. The van der Waals surface area contributed by atoms with Crippen LogP contribution in [0.1, 0.15) is 26.2 Å². The molecule has 2 fully saturated rings. The largest absolute Gasteiger partial charge is 0.494 e. The molecule has 0 radical (unpaired) electrons. The van der Waals surface area contributed by atoms with Gasteiger partial charge in [0.15, 0.2) is 0 Å². The number of nitrogens with one attached hydrogen (secondary N) is 1. The molecule has 1 N–H and O–H groups in total. The molecular formula is C19H27N3O3. The van der Waals surface area contributed by atoms with E-state index in [4.69, 9.17) is 4.74 Å². The quantitative estimate of drug-likeness (QED) is 0.881. The highest BCUT2D eigenvalue weighted by molar-refractivity contribution is 6.00. The van der Waals surface area contributed by atoms with Gasteiger partial charge < -0.3 is 19.9 Å². The Balaban J connectivity index is 1.57. The second-order valence-corrected chi connectivity index (χ2v) is 6.92. The smallest absolute Gasteiger partial charge is 0.227 e. The Labute approximate surface area is 149 Å². The van der Waals surface area contributed by atoms with Crippen LogP contribution in [0.15, 0.2) is 24.3 Å². The molecule has 2 amide bonds. The Morgan fingerprint density at radius 1 is 1.24 bits per heavy atom. The van der Waals surface area contributed by atoms with E-state index in [1.165, 1.54) is 0 Å². The third-order valence-corrected chi connectivity index (χ3v) is 5.02. The van der Waals surface area contributed by atoms with E-state index in [1.807, 2.05) is 31.2 Å². The number of benzene rings is 1. The van der Waals surface area contributed by atoms with Gasteiger partial charge in [0, 0.05) is 24.7 Å². The molecule has 1 aromatic rings. The summed E-state index contributed by atoms with van der Waals surface area (Å²) in [4.78, 5) is 28.9. The maximum absolute atomic E-state index is 12.5. The molecule has 0 unspecified atom stereocenters. The zero-order valence-electron chi connectivity index (χ0n) is 15.0. The van der Waals surface area contributed by atoms with Crippen molar-refractivity contribution in [3.8, 4) is 5.75 Å². The zero-order valence-corrected chi connectivity index (χ0v) is 15.0. The summed E-state index contributed by atoms with van der Waals surface area (Å²) in [7, 11) is 2.10. The number of likely N-dealkylation sites (tertiary alicyclic amines) is 1. The number of piperidine rings is 1. The van der Waals surface area contributed by atoms with Gasteiger partial charge >= 0.3 is 0 Å². The third-order valence-electron chi connectivity index (χ3n) is 5.02. The summed E-state index contributed by atoms with van der Waals surface area (Å²) in [5, 5.41) is 3.14. The Morgan fingerprint density at radius 3 is 2.56 bits per heavy atom. The van der Waals surface area contributed by atoms with Crippen LogP contribution in [0.25, 0.3) is 0 Å². The van der Waals surface area contributed by atoms with Crippen LogP contribution in [0.5, 0.6) is 5.75 Å².